The van der Waals surface area contributed by atoms with Gasteiger partial charge >= 0.3 is 15.5 Å². The smallest absolute Gasteiger partial charge is 0.454 e. The molecule has 1 aromatic heterocycles. The Kier molecular flexibility index (Phi) is 4.03. The molecule has 0 aliphatic rings. The minimum atomic E-state index is -5.52. The summed E-state index contributed by atoms with van der Waals surface area (Å²) in [7, 11) is -5.52. The van der Waals surface area contributed by atoms with Crippen molar-refractivity contribution in [1.29, 1.82) is 0 Å². The maximum atomic E-state index is 12.4. The Balaban J connectivity index is 2.30. The van der Waals surface area contributed by atoms with Crippen LogP contribution in [0.5, 0.6) is 11.5 Å². The van der Waals surface area contributed by atoms with Crippen LogP contribution in [0.1, 0.15) is 0 Å². The van der Waals surface area contributed by atoms with Gasteiger partial charge in [0.1, 0.15) is 5.75 Å². The van der Waals surface area contributed by atoms with Crippen molar-refractivity contribution in [2.24, 2.45) is 0 Å². The summed E-state index contributed by atoms with van der Waals surface area (Å²) in [6.07, 6.45) is 2.26. The van der Waals surface area contributed by atoms with E-state index in [0.717, 1.165) is 18.5 Å². The van der Waals surface area contributed by atoms with Gasteiger partial charge in [-0.3, -0.25) is 9.71 Å². The summed E-state index contributed by atoms with van der Waals surface area (Å²) in [6, 6.07) is 9.24. The van der Waals surface area contributed by atoms with Crippen molar-refractivity contribution in [2.75, 3.05) is 4.72 Å². The summed E-state index contributed by atoms with van der Waals surface area (Å²) in [4.78, 5) is 3.69. The standard InChI is InChI=1S/C12H9F3N2O3S/c13-12(14,15)21(18,19)17-10-6-7-16-8-11(10)20-9-4-2-1-3-5-9/h1-8H,(H,16,17). The molecule has 0 saturated carbocycles. The van der Waals surface area contributed by atoms with Gasteiger partial charge in [-0.25, -0.2) is 0 Å². The van der Waals surface area contributed by atoms with Crippen LogP contribution in [-0.4, -0.2) is 18.9 Å². The van der Waals surface area contributed by atoms with Crippen molar-refractivity contribution in [2.45, 2.75) is 5.51 Å². The molecule has 1 heterocycles. The SMILES string of the molecule is O=S(=O)(Nc1ccncc1Oc1ccccc1)C(F)(F)F. The maximum absolute atomic E-state index is 12.4. The van der Waals surface area contributed by atoms with Crippen LogP contribution in [0.2, 0.25) is 0 Å². The minimum absolute atomic E-state index is 0.142. The summed E-state index contributed by atoms with van der Waals surface area (Å²) >= 11 is 0. The molecule has 2 aromatic rings. The van der Waals surface area contributed by atoms with E-state index < -0.39 is 15.5 Å². The zero-order valence-corrected chi connectivity index (χ0v) is 11.1. The van der Waals surface area contributed by atoms with Gasteiger partial charge < -0.3 is 4.74 Å². The molecule has 5 nitrogen and oxygen atoms in total. The van der Waals surface area contributed by atoms with Crippen LogP contribution in [0.4, 0.5) is 18.9 Å². The fourth-order valence-corrected chi connectivity index (χ4v) is 1.94. The lowest BCUT2D eigenvalue weighted by Crippen LogP contribution is -2.30. The molecular formula is C12H9F3N2O3S. The number of hydrogen-bond acceptors (Lipinski definition) is 4. The average molecular weight is 318 g/mol. The van der Waals surface area contributed by atoms with Gasteiger partial charge in [-0.1, -0.05) is 18.2 Å². The Labute approximate surface area is 118 Å². The Morgan fingerprint density at radius 1 is 1.10 bits per heavy atom. The van der Waals surface area contributed by atoms with Crippen molar-refractivity contribution in [3.05, 3.63) is 48.8 Å². The van der Waals surface area contributed by atoms with Crippen molar-refractivity contribution in [1.82, 2.24) is 4.98 Å². The van der Waals surface area contributed by atoms with E-state index >= 15 is 0 Å². The number of pyridine rings is 1. The molecule has 9 heteroatoms. The second-order valence-corrected chi connectivity index (χ2v) is 5.51. The quantitative estimate of drug-likeness (QED) is 0.940. The first-order valence-electron chi connectivity index (χ1n) is 5.55. The molecule has 112 valence electrons. The molecule has 0 saturated heterocycles. The molecule has 0 aliphatic heterocycles. The number of sulfonamides is 1. The third-order valence-electron chi connectivity index (χ3n) is 2.30. The van der Waals surface area contributed by atoms with E-state index in [1.54, 1.807) is 30.3 Å². The highest BCUT2D eigenvalue weighted by atomic mass is 32.2. The minimum Gasteiger partial charge on any atom is -0.454 e. The Morgan fingerprint density at radius 3 is 2.38 bits per heavy atom. The first kappa shape index (κ1) is 15.1. The summed E-state index contributed by atoms with van der Waals surface area (Å²) in [5, 5.41) is 0. The number of alkyl halides is 3. The van der Waals surface area contributed by atoms with E-state index in [1.165, 1.54) is 4.72 Å². The number of hydrogen-bond donors (Lipinski definition) is 1. The van der Waals surface area contributed by atoms with Crippen LogP contribution >= 0.6 is 0 Å². The number of para-hydroxylation sites is 1. The van der Waals surface area contributed by atoms with E-state index in [4.69, 9.17) is 4.74 Å². The van der Waals surface area contributed by atoms with Gasteiger partial charge in [-0.05, 0) is 18.2 Å². The lowest BCUT2D eigenvalue weighted by Gasteiger charge is -2.14. The Morgan fingerprint density at radius 2 is 1.76 bits per heavy atom. The van der Waals surface area contributed by atoms with Crippen LogP contribution in [0, 0.1) is 0 Å². The van der Waals surface area contributed by atoms with Gasteiger partial charge in [0.2, 0.25) is 0 Å². The summed E-state index contributed by atoms with van der Waals surface area (Å²) in [6.45, 7) is 0. The van der Waals surface area contributed by atoms with Crippen LogP contribution < -0.4 is 9.46 Å². The van der Waals surface area contributed by atoms with Crippen LogP contribution in [0.3, 0.4) is 0 Å². The molecule has 0 fully saturated rings. The normalized spacial score (nSPS) is 12.0. The fourth-order valence-electron chi connectivity index (χ4n) is 1.36. The highest BCUT2D eigenvalue weighted by Gasteiger charge is 2.46. The lowest BCUT2D eigenvalue weighted by atomic mass is 10.3. The Bertz CT molecular complexity index is 718. The third-order valence-corrected chi connectivity index (χ3v) is 3.40. The summed E-state index contributed by atoms with van der Waals surface area (Å²) in [5.41, 5.74) is -5.77. The van der Waals surface area contributed by atoms with E-state index in [-0.39, 0.29) is 11.4 Å². The molecule has 0 radical (unpaired) electrons. The zero-order chi connectivity index (χ0) is 15.5. The van der Waals surface area contributed by atoms with Gasteiger partial charge in [0.15, 0.2) is 5.75 Å². The zero-order valence-electron chi connectivity index (χ0n) is 10.3. The predicted molar refractivity (Wildman–Crippen MR) is 69.4 cm³/mol. The lowest BCUT2D eigenvalue weighted by molar-refractivity contribution is -0.0429. The van der Waals surface area contributed by atoms with E-state index in [2.05, 4.69) is 4.98 Å². The van der Waals surface area contributed by atoms with Crippen LogP contribution in [-0.2, 0) is 10.0 Å². The van der Waals surface area contributed by atoms with Gasteiger partial charge in [0, 0.05) is 6.20 Å². The van der Waals surface area contributed by atoms with Gasteiger partial charge in [-0.2, -0.15) is 21.6 Å². The highest BCUT2D eigenvalue weighted by molar-refractivity contribution is 7.93. The molecule has 0 atom stereocenters. The average Bonchev–Trinajstić information content (AvgIpc) is 2.40. The number of nitrogens with zero attached hydrogens (tertiary/aromatic N) is 1. The number of nitrogens with one attached hydrogen (secondary N) is 1. The van der Waals surface area contributed by atoms with Gasteiger partial charge in [-0.15, -0.1) is 0 Å². The molecule has 1 aromatic carbocycles. The number of benzene rings is 1. The van der Waals surface area contributed by atoms with Crippen LogP contribution in [0.25, 0.3) is 0 Å². The van der Waals surface area contributed by atoms with E-state index in [0.29, 0.717) is 5.75 Å². The summed E-state index contributed by atoms with van der Waals surface area (Å²) < 4.78 is 66.1. The van der Waals surface area contributed by atoms with Crippen LogP contribution in [0.15, 0.2) is 48.8 Å². The molecule has 0 spiro atoms. The first-order valence-corrected chi connectivity index (χ1v) is 7.04. The number of halogens is 3. The molecule has 0 aliphatic carbocycles. The maximum Gasteiger partial charge on any atom is 0.516 e. The molecule has 0 bridgehead atoms. The number of rotatable bonds is 4. The van der Waals surface area contributed by atoms with E-state index in [9.17, 15) is 21.6 Å². The molecule has 1 N–H and O–H groups in total. The Hall–Kier alpha value is -2.29. The second-order valence-electron chi connectivity index (χ2n) is 3.84. The molecule has 2 rings (SSSR count). The van der Waals surface area contributed by atoms with Crippen molar-refractivity contribution in [3.63, 3.8) is 0 Å². The van der Waals surface area contributed by atoms with Crippen molar-refractivity contribution in [3.8, 4) is 11.5 Å². The van der Waals surface area contributed by atoms with Gasteiger partial charge in [0.05, 0.1) is 11.9 Å². The number of anilines is 1. The van der Waals surface area contributed by atoms with Gasteiger partial charge in [0.25, 0.3) is 0 Å². The highest BCUT2D eigenvalue weighted by Crippen LogP contribution is 2.32. The molecule has 0 unspecified atom stereocenters. The molecule has 21 heavy (non-hydrogen) atoms. The fraction of sp³-hybridized carbons (Fsp3) is 0.0833. The third kappa shape index (κ3) is 3.63. The number of aromatic nitrogens is 1. The largest absolute Gasteiger partial charge is 0.516 e. The predicted octanol–water partition coefficient (Wildman–Crippen LogP) is 3.14. The number of ether oxygens (including phenoxy) is 1. The summed E-state index contributed by atoms with van der Waals surface area (Å²) in [5.74, 6) is 0.189. The monoisotopic (exact) mass is 318 g/mol. The molecular weight excluding hydrogens is 309 g/mol. The second kappa shape index (κ2) is 5.60. The van der Waals surface area contributed by atoms with Crippen molar-refractivity contribution >= 4 is 15.7 Å². The molecule has 0 amide bonds. The van der Waals surface area contributed by atoms with Crippen molar-refractivity contribution < 1.29 is 26.3 Å². The topological polar surface area (TPSA) is 68.3 Å². The van der Waals surface area contributed by atoms with E-state index in [1.807, 2.05) is 0 Å². The first-order chi connectivity index (χ1) is 9.79.